The number of nitro benzene ring substituents is 1. The molecule has 0 aromatic heterocycles. The summed E-state index contributed by atoms with van der Waals surface area (Å²) in [6, 6.07) is 9.75. The van der Waals surface area contributed by atoms with Crippen LogP contribution in [0, 0.1) is 10.1 Å². The molecule has 122 valence electrons. The molecule has 1 N–H and O–H groups in total. The predicted octanol–water partition coefficient (Wildman–Crippen LogP) is 2.30. The molecule has 0 amide bonds. The third-order valence-electron chi connectivity index (χ3n) is 2.98. The van der Waals surface area contributed by atoms with Gasteiger partial charge in [0.2, 0.25) is 10.0 Å². The first-order valence-corrected chi connectivity index (χ1v) is 7.89. The Kier molecular flexibility index (Phi) is 4.82. The second-order valence-electron chi connectivity index (χ2n) is 4.37. The topological polar surface area (TPSA) is 108 Å². The summed E-state index contributed by atoms with van der Waals surface area (Å²) in [6.45, 7) is 0. The van der Waals surface area contributed by atoms with Gasteiger partial charge in [0.25, 0.3) is 5.69 Å². The average Bonchev–Trinajstić information content (AvgIpc) is 2.55. The minimum Gasteiger partial charge on any atom is -0.495 e. The van der Waals surface area contributed by atoms with Crippen molar-refractivity contribution in [2.75, 3.05) is 14.2 Å². The lowest BCUT2D eigenvalue weighted by Crippen LogP contribution is -2.19. The van der Waals surface area contributed by atoms with Crippen LogP contribution in [0.25, 0.3) is 0 Å². The molecular formula is C14H14N2O6S. The van der Waals surface area contributed by atoms with Gasteiger partial charge in [-0.1, -0.05) is 0 Å². The summed E-state index contributed by atoms with van der Waals surface area (Å²) in [5.41, 5.74) is -0.0643. The van der Waals surface area contributed by atoms with Crippen LogP contribution in [0.3, 0.4) is 0 Å². The smallest absolute Gasteiger partial charge is 0.269 e. The molecule has 0 heterocycles. The fraction of sp³-hybridized carbons (Fsp3) is 0.143. The summed E-state index contributed by atoms with van der Waals surface area (Å²) >= 11 is 0. The lowest BCUT2D eigenvalue weighted by molar-refractivity contribution is -0.384. The van der Waals surface area contributed by atoms with Gasteiger partial charge in [-0.05, 0) is 31.3 Å². The van der Waals surface area contributed by atoms with E-state index in [1.807, 2.05) is 0 Å². The Morgan fingerprint density at radius 1 is 1.09 bits per heavy atom. The average molecular weight is 338 g/mol. The molecule has 0 aliphatic rings. The first kappa shape index (κ1) is 16.7. The fourth-order valence-corrected chi connectivity index (χ4v) is 2.72. The highest BCUT2D eigenvalue weighted by atomic mass is 32.2. The van der Waals surface area contributed by atoms with Crippen molar-refractivity contribution >= 4 is 15.7 Å². The van der Waals surface area contributed by atoms with Crippen LogP contribution in [0.1, 0.15) is 0 Å². The highest BCUT2D eigenvalue weighted by molar-refractivity contribution is 7.89. The molecule has 0 radical (unpaired) electrons. The number of nitrogens with one attached hydrogen (secondary N) is 1. The first-order valence-electron chi connectivity index (χ1n) is 6.41. The monoisotopic (exact) mass is 338 g/mol. The fourth-order valence-electron chi connectivity index (χ4n) is 1.81. The molecule has 0 aliphatic heterocycles. The van der Waals surface area contributed by atoms with Gasteiger partial charge in [0.05, 0.1) is 12.0 Å². The zero-order valence-corrected chi connectivity index (χ0v) is 13.2. The Hall–Kier alpha value is -2.65. The van der Waals surface area contributed by atoms with E-state index in [4.69, 9.17) is 9.47 Å². The van der Waals surface area contributed by atoms with Crippen molar-refractivity contribution < 1.29 is 22.8 Å². The van der Waals surface area contributed by atoms with Crippen LogP contribution in [0.15, 0.2) is 47.4 Å². The molecule has 0 saturated carbocycles. The van der Waals surface area contributed by atoms with Crippen molar-refractivity contribution in [2.45, 2.75) is 4.90 Å². The van der Waals surface area contributed by atoms with E-state index in [1.54, 1.807) is 0 Å². The zero-order chi connectivity index (χ0) is 17.0. The van der Waals surface area contributed by atoms with Crippen LogP contribution >= 0.6 is 0 Å². The van der Waals surface area contributed by atoms with Gasteiger partial charge in [-0.3, -0.25) is 10.1 Å². The lowest BCUT2D eigenvalue weighted by Gasteiger charge is -2.11. The van der Waals surface area contributed by atoms with Crippen LogP contribution in [0.4, 0.5) is 5.69 Å². The number of rotatable bonds is 6. The number of methoxy groups -OCH3 is 1. The van der Waals surface area contributed by atoms with Crippen molar-refractivity contribution in [1.82, 2.24) is 4.72 Å². The van der Waals surface area contributed by atoms with Crippen molar-refractivity contribution in [3.63, 3.8) is 0 Å². The van der Waals surface area contributed by atoms with E-state index in [0.29, 0.717) is 5.75 Å². The molecule has 2 aromatic carbocycles. The molecule has 0 atom stereocenters. The van der Waals surface area contributed by atoms with E-state index in [0.717, 1.165) is 0 Å². The van der Waals surface area contributed by atoms with E-state index in [-0.39, 0.29) is 22.1 Å². The Labute approximate surface area is 132 Å². The van der Waals surface area contributed by atoms with Gasteiger partial charge in [-0.25, -0.2) is 13.1 Å². The van der Waals surface area contributed by atoms with E-state index in [1.165, 1.54) is 56.6 Å². The number of nitro groups is 1. The molecular weight excluding hydrogens is 324 g/mol. The summed E-state index contributed by atoms with van der Waals surface area (Å²) in [5, 5.41) is 10.6. The molecule has 23 heavy (non-hydrogen) atoms. The molecule has 0 fully saturated rings. The molecule has 0 bridgehead atoms. The van der Waals surface area contributed by atoms with Gasteiger partial charge in [-0.2, -0.15) is 0 Å². The largest absolute Gasteiger partial charge is 0.495 e. The maximum absolute atomic E-state index is 12.0. The number of sulfonamides is 1. The van der Waals surface area contributed by atoms with Crippen LogP contribution in [-0.2, 0) is 10.0 Å². The summed E-state index contributed by atoms with van der Waals surface area (Å²) in [6.07, 6.45) is 0. The van der Waals surface area contributed by atoms with E-state index < -0.39 is 14.9 Å². The van der Waals surface area contributed by atoms with Crippen molar-refractivity contribution in [2.24, 2.45) is 0 Å². The predicted molar refractivity (Wildman–Crippen MR) is 82.4 cm³/mol. The van der Waals surface area contributed by atoms with Gasteiger partial charge in [0.15, 0.2) is 0 Å². The Morgan fingerprint density at radius 3 is 2.22 bits per heavy atom. The summed E-state index contributed by atoms with van der Waals surface area (Å²) < 4.78 is 36.7. The van der Waals surface area contributed by atoms with E-state index in [2.05, 4.69) is 4.72 Å². The minimum absolute atomic E-state index is 0.0643. The van der Waals surface area contributed by atoms with Crippen LogP contribution in [-0.4, -0.2) is 27.5 Å². The van der Waals surface area contributed by atoms with E-state index >= 15 is 0 Å². The standard InChI is InChI=1S/C14H14N2O6S/c1-15-23(19,20)14-9-12(7-8-13(14)21-2)22-11-5-3-10(4-6-11)16(17)18/h3-9,15H,1-2H3. The quantitative estimate of drug-likeness (QED) is 0.639. The van der Waals surface area contributed by atoms with Gasteiger partial charge in [0, 0.05) is 18.2 Å². The minimum atomic E-state index is -3.72. The van der Waals surface area contributed by atoms with Crippen LogP contribution in [0.5, 0.6) is 17.2 Å². The van der Waals surface area contributed by atoms with Crippen molar-refractivity contribution in [3.8, 4) is 17.2 Å². The maximum Gasteiger partial charge on any atom is 0.269 e. The number of nitrogens with zero attached hydrogens (tertiary/aromatic N) is 1. The number of hydrogen-bond acceptors (Lipinski definition) is 6. The van der Waals surface area contributed by atoms with Crippen LogP contribution < -0.4 is 14.2 Å². The number of hydrogen-bond donors (Lipinski definition) is 1. The van der Waals surface area contributed by atoms with E-state index in [9.17, 15) is 18.5 Å². The van der Waals surface area contributed by atoms with Crippen LogP contribution in [0.2, 0.25) is 0 Å². The number of non-ortho nitro benzene ring substituents is 1. The van der Waals surface area contributed by atoms with Gasteiger partial charge >= 0.3 is 0 Å². The molecule has 9 heteroatoms. The summed E-state index contributed by atoms with van der Waals surface area (Å²) in [4.78, 5) is 10.0. The highest BCUT2D eigenvalue weighted by Crippen LogP contribution is 2.31. The SMILES string of the molecule is CNS(=O)(=O)c1cc(Oc2ccc([N+](=O)[O-])cc2)ccc1OC. The second-order valence-corrected chi connectivity index (χ2v) is 6.23. The highest BCUT2D eigenvalue weighted by Gasteiger charge is 2.19. The second kappa shape index (κ2) is 6.63. The Bertz CT molecular complexity index is 818. The third-order valence-corrected chi connectivity index (χ3v) is 4.41. The molecule has 2 aromatic rings. The summed E-state index contributed by atoms with van der Waals surface area (Å²) in [7, 11) is -1.07. The third kappa shape index (κ3) is 3.76. The zero-order valence-electron chi connectivity index (χ0n) is 12.3. The van der Waals surface area contributed by atoms with Crippen molar-refractivity contribution in [3.05, 3.63) is 52.6 Å². The van der Waals surface area contributed by atoms with Gasteiger partial charge < -0.3 is 9.47 Å². The maximum atomic E-state index is 12.0. The number of ether oxygens (including phenoxy) is 2. The molecule has 2 rings (SSSR count). The first-order chi connectivity index (χ1) is 10.9. The molecule has 0 aliphatic carbocycles. The Balaban J connectivity index is 2.34. The van der Waals surface area contributed by atoms with Gasteiger partial charge in [0.1, 0.15) is 22.1 Å². The van der Waals surface area contributed by atoms with Gasteiger partial charge in [-0.15, -0.1) is 0 Å². The molecule has 0 spiro atoms. The normalized spacial score (nSPS) is 11.0. The summed E-state index contributed by atoms with van der Waals surface area (Å²) in [5.74, 6) is 0.775. The molecule has 0 unspecified atom stereocenters. The number of benzene rings is 2. The molecule has 0 saturated heterocycles. The Morgan fingerprint density at radius 2 is 1.70 bits per heavy atom. The lowest BCUT2D eigenvalue weighted by atomic mass is 10.3. The van der Waals surface area contributed by atoms with Crippen molar-refractivity contribution in [1.29, 1.82) is 0 Å². The molecule has 8 nitrogen and oxygen atoms in total.